The number of amides is 1. The molecule has 0 saturated heterocycles. The van der Waals surface area contributed by atoms with Crippen molar-refractivity contribution in [3.05, 3.63) is 64.5 Å². The van der Waals surface area contributed by atoms with Gasteiger partial charge in [0, 0.05) is 22.6 Å². The molecule has 1 amide bonds. The van der Waals surface area contributed by atoms with Crippen LogP contribution in [-0.2, 0) is 7.05 Å². The second-order valence-corrected chi connectivity index (χ2v) is 5.64. The van der Waals surface area contributed by atoms with Gasteiger partial charge in [0.25, 0.3) is 5.91 Å². The second-order valence-electron chi connectivity index (χ2n) is 4.72. The molecule has 0 unspecified atom stereocenters. The lowest BCUT2D eigenvalue weighted by Gasteiger charge is -2.06. The van der Waals surface area contributed by atoms with Crippen molar-refractivity contribution in [2.24, 2.45) is 7.05 Å². The van der Waals surface area contributed by atoms with Crippen LogP contribution in [-0.4, -0.2) is 10.5 Å². The Labute approximate surface area is 129 Å². The molecule has 3 rings (SSSR count). The topological polar surface area (TPSA) is 34.0 Å². The summed E-state index contributed by atoms with van der Waals surface area (Å²) in [5.74, 6) is -0.596. The molecule has 2 aromatic carbocycles. The summed E-state index contributed by atoms with van der Waals surface area (Å²) in [6, 6.07) is 13.7. The lowest BCUT2D eigenvalue weighted by molar-refractivity contribution is 0.102. The zero-order valence-corrected chi connectivity index (χ0v) is 12.8. The molecule has 0 aliphatic carbocycles. The molecule has 3 aromatic rings. The smallest absolute Gasteiger partial charge is 0.272 e. The van der Waals surface area contributed by atoms with E-state index in [1.165, 1.54) is 6.07 Å². The van der Waals surface area contributed by atoms with Gasteiger partial charge in [-0.05, 0) is 42.5 Å². The Morgan fingerprint density at radius 1 is 1.19 bits per heavy atom. The summed E-state index contributed by atoms with van der Waals surface area (Å²) in [4.78, 5) is 12.3. The highest BCUT2D eigenvalue weighted by Gasteiger charge is 2.15. The van der Waals surface area contributed by atoms with E-state index < -0.39 is 0 Å². The highest BCUT2D eigenvalue weighted by Crippen LogP contribution is 2.22. The highest BCUT2D eigenvalue weighted by molar-refractivity contribution is 9.10. The molecular formula is C16H12BrFN2O. The van der Waals surface area contributed by atoms with Gasteiger partial charge in [-0.1, -0.05) is 22.0 Å². The standard InChI is InChI=1S/C16H12BrFN2O/c1-20-14-4-2-3-13(18)12(14)9-15(20)16(21)19-11-7-5-10(17)6-8-11/h2-9H,1H3,(H,19,21). The quantitative estimate of drug-likeness (QED) is 0.736. The number of aryl methyl sites for hydroxylation is 1. The van der Waals surface area contributed by atoms with Crippen molar-refractivity contribution < 1.29 is 9.18 Å². The Morgan fingerprint density at radius 2 is 1.90 bits per heavy atom. The fourth-order valence-electron chi connectivity index (χ4n) is 2.27. The van der Waals surface area contributed by atoms with E-state index in [0.29, 0.717) is 22.3 Å². The maximum Gasteiger partial charge on any atom is 0.272 e. The summed E-state index contributed by atoms with van der Waals surface area (Å²) in [6.07, 6.45) is 0. The molecule has 0 aliphatic heterocycles. The van der Waals surface area contributed by atoms with Crippen LogP contribution < -0.4 is 5.32 Å². The number of rotatable bonds is 2. The van der Waals surface area contributed by atoms with Crippen molar-refractivity contribution >= 4 is 38.4 Å². The van der Waals surface area contributed by atoms with Gasteiger partial charge in [-0.25, -0.2) is 4.39 Å². The molecular weight excluding hydrogens is 335 g/mol. The maximum absolute atomic E-state index is 13.8. The van der Waals surface area contributed by atoms with Crippen LogP contribution in [0.1, 0.15) is 10.5 Å². The zero-order chi connectivity index (χ0) is 15.0. The number of carbonyl (C=O) groups excluding carboxylic acids is 1. The van der Waals surface area contributed by atoms with Gasteiger partial charge in [0.05, 0.1) is 5.52 Å². The van der Waals surface area contributed by atoms with Crippen molar-refractivity contribution in [1.82, 2.24) is 4.57 Å². The fraction of sp³-hybridized carbons (Fsp3) is 0.0625. The number of nitrogens with zero attached hydrogens (tertiary/aromatic N) is 1. The highest BCUT2D eigenvalue weighted by atomic mass is 79.9. The minimum atomic E-state index is -0.328. The summed E-state index contributed by atoms with van der Waals surface area (Å²) >= 11 is 3.34. The third-order valence-corrected chi connectivity index (χ3v) is 3.90. The lowest BCUT2D eigenvalue weighted by Crippen LogP contribution is -2.15. The van der Waals surface area contributed by atoms with Crippen LogP contribution in [0.15, 0.2) is 53.0 Å². The van der Waals surface area contributed by atoms with Crippen LogP contribution in [0.25, 0.3) is 10.9 Å². The van der Waals surface area contributed by atoms with Gasteiger partial charge in [-0.15, -0.1) is 0 Å². The van der Waals surface area contributed by atoms with Gasteiger partial charge in [0.1, 0.15) is 11.5 Å². The van der Waals surface area contributed by atoms with Crippen molar-refractivity contribution in [3.63, 3.8) is 0 Å². The molecule has 1 N–H and O–H groups in total. The Kier molecular flexibility index (Phi) is 3.51. The predicted octanol–water partition coefficient (Wildman–Crippen LogP) is 4.33. The molecule has 106 valence electrons. The predicted molar refractivity (Wildman–Crippen MR) is 85.0 cm³/mol. The zero-order valence-electron chi connectivity index (χ0n) is 11.2. The number of carbonyl (C=O) groups is 1. The van der Waals surface area contributed by atoms with E-state index in [-0.39, 0.29) is 11.7 Å². The van der Waals surface area contributed by atoms with Gasteiger partial charge < -0.3 is 9.88 Å². The lowest BCUT2D eigenvalue weighted by atomic mass is 10.2. The molecule has 0 spiro atoms. The summed E-state index contributed by atoms with van der Waals surface area (Å²) in [7, 11) is 1.75. The van der Waals surface area contributed by atoms with Crippen LogP contribution in [0, 0.1) is 5.82 Å². The minimum absolute atomic E-state index is 0.268. The largest absolute Gasteiger partial charge is 0.340 e. The number of hydrogen-bond acceptors (Lipinski definition) is 1. The molecule has 0 bridgehead atoms. The average Bonchev–Trinajstić information content (AvgIpc) is 2.81. The number of halogens is 2. The summed E-state index contributed by atoms with van der Waals surface area (Å²) < 4.78 is 16.4. The molecule has 0 saturated carbocycles. The maximum atomic E-state index is 13.8. The van der Waals surface area contributed by atoms with Crippen LogP contribution in [0.5, 0.6) is 0 Å². The van der Waals surface area contributed by atoms with E-state index in [1.807, 2.05) is 12.1 Å². The first-order valence-electron chi connectivity index (χ1n) is 6.37. The van der Waals surface area contributed by atoms with Gasteiger partial charge in [0.2, 0.25) is 0 Å². The van der Waals surface area contributed by atoms with Gasteiger partial charge >= 0.3 is 0 Å². The molecule has 1 heterocycles. The number of aromatic nitrogens is 1. The monoisotopic (exact) mass is 346 g/mol. The van der Waals surface area contributed by atoms with E-state index in [1.54, 1.807) is 41.9 Å². The average molecular weight is 347 g/mol. The number of fused-ring (bicyclic) bond motifs is 1. The molecule has 0 aliphatic rings. The SMILES string of the molecule is Cn1c(C(=O)Nc2ccc(Br)cc2)cc2c(F)cccc21. The van der Waals surface area contributed by atoms with Gasteiger partial charge in [0.15, 0.2) is 0 Å². The summed E-state index contributed by atoms with van der Waals surface area (Å²) in [6.45, 7) is 0. The van der Waals surface area contributed by atoms with E-state index in [4.69, 9.17) is 0 Å². The van der Waals surface area contributed by atoms with Crippen molar-refractivity contribution in [2.75, 3.05) is 5.32 Å². The molecule has 0 radical (unpaired) electrons. The molecule has 1 aromatic heterocycles. The third-order valence-electron chi connectivity index (χ3n) is 3.37. The van der Waals surface area contributed by atoms with E-state index in [0.717, 1.165) is 4.47 Å². The van der Waals surface area contributed by atoms with E-state index in [9.17, 15) is 9.18 Å². The first-order valence-corrected chi connectivity index (χ1v) is 7.16. The Morgan fingerprint density at radius 3 is 2.57 bits per heavy atom. The Bertz CT molecular complexity index is 824. The summed E-state index contributed by atoms with van der Waals surface area (Å²) in [5.41, 5.74) is 1.79. The van der Waals surface area contributed by atoms with Gasteiger partial charge in [-0.2, -0.15) is 0 Å². The minimum Gasteiger partial charge on any atom is -0.340 e. The van der Waals surface area contributed by atoms with Crippen LogP contribution in [0.2, 0.25) is 0 Å². The van der Waals surface area contributed by atoms with Crippen LogP contribution >= 0.6 is 15.9 Å². The Hall–Kier alpha value is -2.14. The second kappa shape index (κ2) is 5.33. The van der Waals surface area contributed by atoms with E-state index >= 15 is 0 Å². The first kappa shape index (κ1) is 13.8. The molecule has 0 fully saturated rings. The molecule has 21 heavy (non-hydrogen) atoms. The third kappa shape index (κ3) is 2.56. The molecule has 0 atom stereocenters. The van der Waals surface area contributed by atoms with Crippen LogP contribution in [0.4, 0.5) is 10.1 Å². The fourth-order valence-corrected chi connectivity index (χ4v) is 2.53. The van der Waals surface area contributed by atoms with Crippen LogP contribution in [0.3, 0.4) is 0 Å². The van der Waals surface area contributed by atoms with E-state index in [2.05, 4.69) is 21.2 Å². The van der Waals surface area contributed by atoms with Crippen molar-refractivity contribution in [1.29, 1.82) is 0 Å². The normalized spacial score (nSPS) is 10.8. The number of benzene rings is 2. The van der Waals surface area contributed by atoms with Crippen molar-refractivity contribution in [3.8, 4) is 0 Å². The Balaban J connectivity index is 1.96. The van der Waals surface area contributed by atoms with Gasteiger partial charge in [-0.3, -0.25) is 4.79 Å². The summed E-state index contributed by atoms with van der Waals surface area (Å²) in [5, 5.41) is 3.25. The molecule has 3 nitrogen and oxygen atoms in total. The number of anilines is 1. The number of hydrogen-bond donors (Lipinski definition) is 1. The first-order chi connectivity index (χ1) is 10.1. The van der Waals surface area contributed by atoms with Crippen molar-refractivity contribution in [2.45, 2.75) is 0 Å². The number of nitrogens with one attached hydrogen (secondary N) is 1. The molecule has 5 heteroatoms.